The summed E-state index contributed by atoms with van der Waals surface area (Å²) in [6.45, 7) is 2.19. The molecule has 104 heavy (non-hydrogen) atoms. The minimum Gasteiger partial charge on any atom is -0.508 e. The highest BCUT2D eigenvalue weighted by Crippen LogP contribution is 2.28. The molecule has 0 aliphatic carbocycles. The molecule has 4 aliphatic rings. The number of aliphatic hydroxyl groups excluding tert-OH is 1. The highest BCUT2D eigenvalue weighted by atomic mass is 33.1. The molecule has 0 unspecified atom stereocenters. The molecule has 0 saturated carbocycles. The number of carboxylic acid groups (broad SMARTS) is 2. The molecule has 568 valence electrons. The van der Waals surface area contributed by atoms with E-state index in [1.54, 1.807) is 0 Å². The minimum atomic E-state index is -1.95. The number of nitrogens with two attached hydrogens (primary N) is 1. The normalized spacial score (nSPS) is 26.8. The lowest BCUT2D eigenvalue weighted by Gasteiger charge is -2.30. The summed E-state index contributed by atoms with van der Waals surface area (Å²) in [6.07, 6.45) is -4.88. The Morgan fingerprint density at radius 2 is 1.07 bits per heavy atom. The van der Waals surface area contributed by atoms with Gasteiger partial charge in [0.05, 0.1) is 19.1 Å². The van der Waals surface area contributed by atoms with Crippen molar-refractivity contribution in [2.45, 2.75) is 150 Å². The smallest absolute Gasteiger partial charge is 0.326 e. The summed E-state index contributed by atoms with van der Waals surface area (Å²) in [5, 5.41) is 83.0. The highest BCUT2D eigenvalue weighted by Gasteiger charge is 2.42. The number of aliphatic hydroxyl groups is 1. The van der Waals surface area contributed by atoms with Gasteiger partial charge < -0.3 is 105 Å². The van der Waals surface area contributed by atoms with Crippen LogP contribution in [-0.2, 0) is 94.3 Å². The van der Waals surface area contributed by atoms with E-state index in [-0.39, 0.29) is 48.6 Å². The maximum Gasteiger partial charge on any atom is 0.326 e. The molecular formula is C61H81N15O22S6. The summed E-state index contributed by atoms with van der Waals surface area (Å²) in [6, 6.07) is -12.2. The number of nitrogens with zero attached hydrogens (tertiary/aromatic N) is 1. The number of primary amides is 1. The van der Waals surface area contributed by atoms with Crippen molar-refractivity contribution < 1.29 is 107 Å². The fraction of sp³-hybridized carbons (Fsp3) is 0.525. The summed E-state index contributed by atoms with van der Waals surface area (Å²) in [5.41, 5.74) is 6.24. The molecule has 43 heteroatoms. The van der Waals surface area contributed by atoms with Crippen LogP contribution in [0.15, 0.2) is 48.5 Å². The minimum absolute atomic E-state index is 0.0259. The fourth-order valence-corrected chi connectivity index (χ4v) is 17.4. The van der Waals surface area contributed by atoms with Crippen molar-refractivity contribution in [2.75, 3.05) is 47.6 Å². The number of nitrogens with one attached hydrogen (secondary N) is 13. The molecule has 0 radical (unpaired) electrons. The van der Waals surface area contributed by atoms with E-state index in [9.17, 15) is 97.5 Å². The van der Waals surface area contributed by atoms with E-state index in [0.29, 0.717) is 16.4 Å². The summed E-state index contributed by atoms with van der Waals surface area (Å²) >= 11 is 0. The number of carbonyl (C=O) groups excluding carboxylic acids is 15. The summed E-state index contributed by atoms with van der Waals surface area (Å²) in [7, 11) is 4.56. The van der Waals surface area contributed by atoms with Crippen LogP contribution in [0.5, 0.6) is 11.5 Å². The topological polar surface area (TPSA) is 577 Å². The zero-order valence-electron chi connectivity index (χ0n) is 56.0. The van der Waals surface area contributed by atoms with Crippen molar-refractivity contribution >= 4 is 165 Å². The number of hydrogen-bond donors (Lipinski definition) is 19. The lowest BCUT2D eigenvalue weighted by atomic mass is 10.0. The fourth-order valence-electron chi connectivity index (χ4n) is 10.4. The number of aromatic hydroxyl groups is 2. The molecule has 14 atom stereocenters. The summed E-state index contributed by atoms with van der Waals surface area (Å²) in [5.74, 6) is -23.1. The van der Waals surface area contributed by atoms with Gasteiger partial charge in [0.15, 0.2) is 0 Å². The van der Waals surface area contributed by atoms with Gasteiger partial charge in [-0.1, -0.05) is 89.0 Å². The van der Waals surface area contributed by atoms with E-state index in [2.05, 4.69) is 69.1 Å². The van der Waals surface area contributed by atoms with Gasteiger partial charge in [-0.25, -0.2) is 4.79 Å². The standard InChI is InChI=1S/C61H81N15O22S6/c1-27-49(85)71-43-26-104-103-23-40-54(90)67-34(14-15-47(83)84)50(86)68-35(17-30-6-10-32(79)11-7-30)51(87)72-42(25-102-100-22-39(66-46(82)20-63-59(95)48(28(2)77)75-57(43)93)53(89)70-37(61(97)98)18-31-8-12-33(80)13-9-31)56(92)74-41(24-101-99-21-38(52(88)73-40)65-29(3)78)55(91)69-36(19-45(62)81)60(96)76-16-4-5-44(76)58(94)64-27/h6-13,27-28,34-44,48,77,79-80H,4-5,14-26H2,1-3H3,(H2,62,81)(H,63,95)(H,64,94)(H,65,78)(H,66,82)(H,67,90)(H,68,86)(H,69,91)(H,70,89)(H,71,85)(H,72,87)(H,73,88)(H,74,92)(H,75,93)(H,83,84)(H,97,98)/t27-,28-,34-,35-,36-,37-,38-,39-,40-,41-,42-,43-,44-,48-/m0/s1. The number of hydrogen-bond acceptors (Lipinski definition) is 26. The maximum absolute atomic E-state index is 15.2. The zero-order chi connectivity index (χ0) is 76.5. The quantitative estimate of drug-likeness (QED) is 0.0619. The Balaban J connectivity index is 1.58. The Kier molecular flexibility index (Phi) is 33.1. The molecule has 2 aromatic rings. The van der Waals surface area contributed by atoms with Crippen LogP contribution in [0.4, 0.5) is 0 Å². The van der Waals surface area contributed by atoms with Crippen LogP contribution in [0.1, 0.15) is 64.0 Å². The Morgan fingerprint density at radius 1 is 0.577 bits per heavy atom. The van der Waals surface area contributed by atoms with Gasteiger partial charge in [-0.15, -0.1) is 0 Å². The van der Waals surface area contributed by atoms with Crippen molar-refractivity contribution in [3.63, 3.8) is 0 Å². The second-order valence-corrected chi connectivity index (χ2v) is 31.8. The first kappa shape index (κ1) is 84.0. The number of phenolic OH excluding ortho intramolecular Hbond substituents is 2. The average Bonchev–Trinajstić information content (AvgIpc) is 1.62. The van der Waals surface area contributed by atoms with E-state index in [1.807, 2.05) is 0 Å². The van der Waals surface area contributed by atoms with Crippen LogP contribution in [0.25, 0.3) is 0 Å². The van der Waals surface area contributed by atoms with Crippen LogP contribution >= 0.6 is 64.8 Å². The molecule has 37 nitrogen and oxygen atoms in total. The van der Waals surface area contributed by atoms with E-state index in [4.69, 9.17) is 5.73 Å². The van der Waals surface area contributed by atoms with E-state index < -0.39 is 246 Å². The third-order valence-corrected chi connectivity index (χ3v) is 23.2. The van der Waals surface area contributed by atoms with Crippen molar-refractivity contribution in [2.24, 2.45) is 5.73 Å². The molecule has 4 heterocycles. The number of aliphatic carboxylic acids is 2. The van der Waals surface area contributed by atoms with Gasteiger partial charge in [-0.2, -0.15) is 0 Å². The average molecular weight is 1570 g/mol. The Morgan fingerprint density at radius 3 is 1.62 bits per heavy atom. The van der Waals surface area contributed by atoms with Crippen molar-refractivity contribution in [1.82, 2.24) is 74.0 Å². The molecule has 0 aromatic heterocycles. The van der Waals surface area contributed by atoms with E-state index in [1.165, 1.54) is 55.5 Å². The van der Waals surface area contributed by atoms with Crippen molar-refractivity contribution in [1.29, 1.82) is 0 Å². The first-order chi connectivity index (χ1) is 49.3. The molecule has 4 fully saturated rings. The number of phenols is 2. The molecule has 4 bridgehead atoms. The molecule has 20 N–H and O–H groups in total. The number of benzene rings is 2. The molecule has 15 amide bonds. The molecule has 6 rings (SSSR count). The SMILES string of the molecule is CC(=O)N[C@H]1CSSC[C@@H]2NC(=O)[C@@H]3CSSC[C@@H](C(=O)N[C@@H](Cc4ccc(O)cc4)C(=O)O)NC(=O)CNC(=O)[C@H]([C@H](C)O)NC(=O)[C@H](CSSC[C@H](NC1=O)C(=O)N[C@@H](CCC(=O)O)C(=O)N[C@@H](Cc1ccc(O)cc1)C(=O)N3)NC(=O)[C@H](C)NC(=O)[C@@H]1CCCN1C(=O)[C@H](CC(N)=O)NC2=O. The Bertz CT molecular complexity index is 3530. The highest BCUT2D eigenvalue weighted by molar-refractivity contribution is 8.77. The molecular weight excluding hydrogens is 1490 g/mol. The summed E-state index contributed by atoms with van der Waals surface area (Å²) < 4.78 is 0. The lowest BCUT2D eigenvalue weighted by Crippen LogP contribution is -2.62. The lowest BCUT2D eigenvalue weighted by molar-refractivity contribution is -0.143. The van der Waals surface area contributed by atoms with Gasteiger partial charge in [0, 0.05) is 67.2 Å². The van der Waals surface area contributed by atoms with Gasteiger partial charge in [-0.3, -0.25) is 76.7 Å². The number of rotatable bonds is 14. The van der Waals surface area contributed by atoms with Gasteiger partial charge in [0.1, 0.15) is 90.0 Å². The van der Waals surface area contributed by atoms with E-state index in [0.717, 1.165) is 72.7 Å². The zero-order valence-corrected chi connectivity index (χ0v) is 60.9. The predicted molar refractivity (Wildman–Crippen MR) is 381 cm³/mol. The monoisotopic (exact) mass is 1570 g/mol. The molecule has 4 saturated heterocycles. The van der Waals surface area contributed by atoms with Crippen LogP contribution in [-0.4, -0.2) is 263 Å². The van der Waals surface area contributed by atoms with Crippen LogP contribution in [0, 0.1) is 0 Å². The first-order valence-corrected chi connectivity index (χ1v) is 39.6. The number of carbonyl (C=O) groups is 17. The summed E-state index contributed by atoms with van der Waals surface area (Å²) in [4.78, 5) is 241. The third kappa shape index (κ3) is 26.7. The number of carboxylic acids is 2. The third-order valence-electron chi connectivity index (χ3n) is 15.9. The first-order valence-electron chi connectivity index (χ1n) is 32.2. The molecule has 0 spiro atoms. The van der Waals surface area contributed by atoms with Crippen LogP contribution in [0.3, 0.4) is 0 Å². The number of fused-ring (bicyclic) bond motifs is 20. The number of amides is 15. The second-order valence-electron chi connectivity index (χ2n) is 24.1. The van der Waals surface area contributed by atoms with E-state index >= 15 is 9.59 Å². The largest absolute Gasteiger partial charge is 0.508 e. The van der Waals surface area contributed by atoms with Crippen LogP contribution < -0.4 is 74.9 Å². The van der Waals surface area contributed by atoms with Crippen molar-refractivity contribution in [3.05, 3.63) is 59.7 Å². The maximum atomic E-state index is 15.2. The van der Waals surface area contributed by atoms with Gasteiger partial charge in [-0.05, 0) is 68.5 Å². The van der Waals surface area contributed by atoms with Crippen molar-refractivity contribution in [3.8, 4) is 11.5 Å². The van der Waals surface area contributed by atoms with Gasteiger partial charge in [0.2, 0.25) is 88.6 Å². The second kappa shape index (κ2) is 41.0. The van der Waals surface area contributed by atoms with Gasteiger partial charge in [0.25, 0.3) is 0 Å². The van der Waals surface area contributed by atoms with Crippen LogP contribution in [0.2, 0.25) is 0 Å². The predicted octanol–water partition coefficient (Wildman–Crippen LogP) is -5.76. The Labute approximate surface area is 617 Å². The van der Waals surface area contributed by atoms with Gasteiger partial charge >= 0.3 is 11.9 Å². The molecule has 4 aliphatic heterocycles. The Hall–Kier alpha value is -8.91. The molecule has 2 aromatic carbocycles.